The van der Waals surface area contributed by atoms with Crippen molar-refractivity contribution in [3.05, 3.63) is 58.5 Å². The molecular formula is C19H20FN3OS. The van der Waals surface area contributed by atoms with Gasteiger partial charge in [-0.05, 0) is 44.5 Å². The lowest BCUT2D eigenvalue weighted by atomic mass is 9.97. The Kier molecular flexibility index (Phi) is 4.63. The van der Waals surface area contributed by atoms with E-state index in [4.69, 9.17) is 4.42 Å². The second kappa shape index (κ2) is 7.06. The number of aromatic nitrogens is 2. The molecule has 0 bridgehead atoms. The van der Waals surface area contributed by atoms with Crippen molar-refractivity contribution in [1.29, 1.82) is 0 Å². The molecule has 0 radical (unpaired) electrons. The number of halogens is 1. The van der Waals surface area contributed by atoms with E-state index in [1.165, 1.54) is 10.9 Å². The van der Waals surface area contributed by atoms with Gasteiger partial charge < -0.3 is 4.42 Å². The van der Waals surface area contributed by atoms with Crippen LogP contribution in [0.25, 0.3) is 10.8 Å². The molecular weight excluding hydrogens is 337 g/mol. The molecule has 1 aliphatic rings. The van der Waals surface area contributed by atoms with Crippen LogP contribution in [0.2, 0.25) is 0 Å². The molecule has 0 aliphatic carbocycles. The third kappa shape index (κ3) is 3.65. The predicted molar refractivity (Wildman–Crippen MR) is 96.0 cm³/mol. The van der Waals surface area contributed by atoms with Crippen LogP contribution in [0.1, 0.15) is 35.1 Å². The Morgan fingerprint density at radius 1 is 1.24 bits per heavy atom. The molecule has 1 aromatic carbocycles. The number of benzene rings is 1. The minimum atomic E-state index is -0.141. The van der Waals surface area contributed by atoms with Gasteiger partial charge in [0.1, 0.15) is 5.82 Å². The smallest absolute Gasteiger partial charge is 0.257 e. The minimum Gasteiger partial charge on any atom is -0.420 e. The number of hydrogen-bond donors (Lipinski definition) is 0. The fourth-order valence-electron chi connectivity index (χ4n) is 3.32. The molecule has 4 nitrogen and oxygen atoms in total. The number of likely N-dealkylation sites (tertiary alicyclic amines) is 1. The molecule has 1 saturated heterocycles. The van der Waals surface area contributed by atoms with Crippen molar-refractivity contribution in [3.63, 3.8) is 0 Å². The number of rotatable bonds is 4. The van der Waals surface area contributed by atoms with Crippen LogP contribution in [0.4, 0.5) is 4.39 Å². The van der Waals surface area contributed by atoms with E-state index in [1.54, 1.807) is 17.4 Å². The molecule has 0 spiro atoms. The van der Waals surface area contributed by atoms with Crippen molar-refractivity contribution in [2.45, 2.75) is 32.2 Å². The number of hydrogen-bond acceptors (Lipinski definition) is 5. The molecule has 0 amide bonds. The van der Waals surface area contributed by atoms with Crippen LogP contribution in [0, 0.1) is 12.7 Å². The molecule has 0 N–H and O–H groups in total. The molecule has 130 valence electrons. The summed E-state index contributed by atoms with van der Waals surface area (Å²) < 4.78 is 19.8. The molecule has 1 fully saturated rings. The van der Waals surface area contributed by atoms with E-state index in [0.717, 1.165) is 36.4 Å². The molecule has 25 heavy (non-hydrogen) atoms. The average Bonchev–Trinajstić information content (AvgIpc) is 3.26. The van der Waals surface area contributed by atoms with Crippen molar-refractivity contribution in [2.75, 3.05) is 13.1 Å². The highest BCUT2D eigenvalue weighted by molar-refractivity contribution is 7.15. The van der Waals surface area contributed by atoms with Crippen molar-refractivity contribution in [3.8, 4) is 10.8 Å². The first-order valence-corrected chi connectivity index (χ1v) is 9.36. The van der Waals surface area contributed by atoms with Crippen LogP contribution in [0.15, 0.2) is 40.8 Å². The minimum absolute atomic E-state index is 0.141. The van der Waals surface area contributed by atoms with E-state index in [1.807, 2.05) is 18.2 Å². The van der Waals surface area contributed by atoms with Gasteiger partial charge in [0.15, 0.2) is 0 Å². The molecule has 3 aromatic rings. The van der Waals surface area contributed by atoms with Crippen LogP contribution in [-0.4, -0.2) is 28.2 Å². The molecule has 0 saturated carbocycles. The summed E-state index contributed by atoms with van der Waals surface area (Å²) in [5.41, 5.74) is 0.739. The summed E-state index contributed by atoms with van der Waals surface area (Å²) in [5.74, 6) is 1.36. The Hall–Kier alpha value is -2.05. The first-order valence-electron chi connectivity index (χ1n) is 8.55. The third-order valence-electron chi connectivity index (χ3n) is 4.60. The lowest BCUT2D eigenvalue weighted by molar-refractivity contribution is 0.184. The summed E-state index contributed by atoms with van der Waals surface area (Å²) in [6, 6.07) is 11.0. The molecule has 0 unspecified atom stereocenters. The molecule has 4 rings (SSSR count). The zero-order chi connectivity index (χ0) is 17.2. The number of nitrogens with zero attached hydrogens (tertiary/aromatic N) is 3. The van der Waals surface area contributed by atoms with Gasteiger partial charge in [0, 0.05) is 23.5 Å². The number of thiophene rings is 1. The fraction of sp³-hybridized carbons (Fsp3) is 0.368. The number of aryl methyl sites for hydroxylation is 1. The highest BCUT2D eigenvalue weighted by Crippen LogP contribution is 2.31. The predicted octanol–water partition coefficient (Wildman–Crippen LogP) is 4.63. The Morgan fingerprint density at radius 3 is 2.92 bits per heavy atom. The van der Waals surface area contributed by atoms with Crippen LogP contribution < -0.4 is 0 Å². The summed E-state index contributed by atoms with van der Waals surface area (Å²) in [6.45, 7) is 4.47. The van der Waals surface area contributed by atoms with Crippen LogP contribution in [-0.2, 0) is 6.54 Å². The van der Waals surface area contributed by atoms with Crippen molar-refractivity contribution < 1.29 is 8.81 Å². The highest BCUT2D eigenvalue weighted by Gasteiger charge is 2.26. The topological polar surface area (TPSA) is 42.2 Å². The molecule has 2 aromatic heterocycles. The van der Waals surface area contributed by atoms with Gasteiger partial charge in [0.25, 0.3) is 5.89 Å². The van der Waals surface area contributed by atoms with Crippen LogP contribution in [0.5, 0.6) is 0 Å². The lowest BCUT2D eigenvalue weighted by Gasteiger charge is -2.31. The largest absolute Gasteiger partial charge is 0.420 e. The van der Waals surface area contributed by atoms with E-state index in [2.05, 4.69) is 28.1 Å². The summed E-state index contributed by atoms with van der Waals surface area (Å²) in [5, 5.41) is 8.49. The third-order valence-corrected chi connectivity index (χ3v) is 5.59. The summed E-state index contributed by atoms with van der Waals surface area (Å²) >= 11 is 1.66. The van der Waals surface area contributed by atoms with Gasteiger partial charge in [-0.15, -0.1) is 21.5 Å². The lowest BCUT2D eigenvalue weighted by Crippen LogP contribution is -2.34. The van der Waals surface area contributed by atoms with Crippen molar-refractivity contribution in [1.82, 2.24) is 15.1 Å². The first kappa shape index (κ1) is 16.4. The van der Waals surface area contributed by atoms with E-state index in [-0.39, 0.29) is 11.7 Å². The maximum Gasteiger partial charge on any atom is 0.257 e. The van der Waals surface area contributed by atoms with E-state index >= 15 is 0 Å². The molecule has 1 aliphatic heterocycles. The Bertz CT molecular complexity index is 860. The van der Waals surface area contributed by atoms with Gasteiger partial charge >= 0.3 is 0 Å². The van der Waals surface area contributed by atoms with E-state index in [0.29, 0.717) is 18.3 Å². The first-order chi connectivity index (χ1) is 12.2. The standard InChI is InChI=1S/C19H20FN3OS/c1-13-8-9-17(25-13)19-22-21-18(24-19)15-6-4-10-23(12-15)11-14-5-2-3-7-16(14)20/h2-3,5,7-9,15H,4,6,10-12H2,1H3/t15-/m1/s1. The van der Waals surface area contributed by atoms with E-state index in [9.17, 15) is 4.39 Å². The summed E-state index contributed by atoms with van der Waals surface area (Å²) in [6.07, 6.45) is 2.08. The van der Waals surface area contributed by atoms with Gasteiger partial charge in [-0.2, -0.15) is 0 Å². The van der Waals surface area contributed by atoms with Crippen LogP contribution >= 0.6 is 11.3 Å². The molecule has 3 heterocycles. The summed E-state index contributed by atoms with van der Waals surface area (Å²) in [4.78, 5) is 4.50. The Labute approximate surface area is 150 Å². The zero-order valence-corrected chi connectivity index (χ0v) is 14.9. The Balaban J connectivity index is 1.46. The highest BCUT2D eigenvalue weighted by atomic mass is 32.1. The average molecular weight is 357 g/mol. The van der Waals surface area contributed by atoms with Gasteiger partial charge in [-0.25, -0.2) is 4.39 Å². The van der Waals surface area contributed by atoms with Gasteiger partial charge in [-0.3, -0.25) is 4.90 Å². The second-order valence-corrected chi connectivity index (χ2v) is 7.81. The van der Waals surface area contributed by atoms with Crippen LogP contribution in [0.3, 0.4) is 0 Å². The summed E-state index contributed by atoms with van der Waals surface area (Å²) in [7, 11) is 0. The maximum absolute atomic E-state index is 13.9. The fourth-order valence-corrected chi connectivity index (χ4v) is 4.11. The SMILES string of the molecule is Cc1ccc(-c2nnc([C@@H]3CCCN(Cc4ccccc4F)C3)o2)s1. The van der Waals surface area contributed by atoms with E-state index < -0.39 is 0 Å². The van der Waals surface area contributed by atoms with Gasteiger partial charge in [0.05, 0.1) is 10.8 Å². The Morgan fingerprint density at radius 2 is 2.12 bits per heavy atom. The van der Waals surface area contributed by atoms with Crippen molar-refractivity contribution in [2.24, 2.45) is 0 Å². The maximum atomic E-state index is 13.9. The van der Waals surface area contributed by atoms with Gasteiger partial charge in [-0.1, -0.05) is 18.2 Å². The zero-order valence-electron chi connectivity index (χ0n) is 14.1. The quantitative estimate of drug-likeness (QED) is 0.683. The molecule has 6 heteroatoms. The van der Waals surface area contributed by atoms with Gasteiger partial charge in [0.2, 0.25) is 5.89 Å². The van der Waals surface area contributed by atoms with Crippen molar-refractivity contribution >= 4 is 11.3 Å². The molecule has 1 atom stereocenters. The second-order valence-electron chi connectivity index (χ2n) is 6.52. The normalized spacial score (nSPS) is 18.6. The monoisotopic (exact) mass is 357 g/mol. The number of piperidine rings is 1.